The van der Waals surface area contributed by atoms with E-state index in [1.165, 1.54) is 4.90 Å². The number of nitrogens with zero attached hydrogens (tertiary/aromatic N) is 1. The molecule has 0 bridgehead atoms. The first-order valence-corrected chi connectivity index (χ1v) is 8.60. The first-order chi connectivity index (χ1) is 10.3. The average Bonchev–Trinajstić information content (AvgIpc) is 3.21. The van der Waals surface area contributed by atoms with Crippen LogP contribution in [0.3, 0.4) is 0 Å². The number of carbonyl (C=O) groups is 1. The molecule has 1 saturated carbocycles. The van der Waals surface area contributed by atoms with Gasteiger partial charge in [0.1, 0.15) is 0 Å². The molecule has 0 spiro atoms. The number of amides is 2. The average molecular weight is 322 g/mol. The van der Waals surface area contributed by atoms with Crippen LogP contribution in [-0.2, 0) is 0 Å². The Balaban J connectivity index is 2.04. The molecule has 2 amide bonds. The summed E-state index contributed by atoms with van der Waals surface area (Å²) in [6.07, 6.45) is 2.07. The fourth-order valence-electron chi connectivity index (χ4n) is 2.32. The van der Waals surface area contributed by atoms with E-state index in [1.54, 1.807) is 4.90 Å². The van der Waals surface area contributed by atoms with Crippen molar-refractivity contribution in [2.45, 2.75) is 56.2 Å². The van der Waals surface area contributed by atoms with Crippen LogP contribution in [0.1, 0.15) is 39.2 Å². The number of carbonyl (C=O) groups excluding carboxylic acids is 1. The molecule has 0 unspecified atom stereocenters. The summed E-state index contributed by atoms with van der Waals surface area (Å²) in [5, 5.41) is 12.1. The molecule has 1 aromatic carbocycles. The van der Waals surface area contributed by atoms with Crippen LogP contribution in [-0.4, -0.2) is 40.0 Å². The lowest BCUT2D eigenvalue weighted by Gasteiger charge is -2.23. The third-order valence-electron chi connectivity index (χ3n) is 3.45. The first-order valence-electron chi connectivity index (χ1n) is 7.78. The predicted octanol–water partition coefficient (Wildman–Crippen LogP) is 3.87. The number of aliphatic hydroxyl groups is 1. The quantitative estimate of drug-likeness (QED) is 0.809. The Kier molecular flexibility index (Phi) is 5.40. The van der Waals surface area contributed by atoms with Crippen molar-refractivity contribution in [2.75, 3.05) is 18.5 Å². The number of benzene rings is 1. The van der Waals surface area contributed by atoms with E-state index in [-0.39, 0.29) is 17.4 Å². The summed E-state index contributed by atoms with van der Waals surface area (Å²) in [5.41, 5.74) is 1.90. The van der Waals surface area contributed by atoms with Crippen LogP contribution in [0.5, 0.6) is 0 Å². The summed E-state index contributed by atoms with van der Waals surface area (Å²) in [4.78, 5) is 15.3. The molecule has 22 heavy (non-hydrogen) atoms. The van der Waals surface area contributed by atoms with Gasteiger partial charge >= 0.3 is 6.03 Å². The summed E-state index contributed by atoms with van der Waals surface area (Å²) in [6, 6.07) is 6.30. The standard InChI is InChI=1S/C17H26N2O2S/c1-12-11-14(22-17(2,3)4)7-8-15(12)18-16(21)19(9-10-20)13-5-6-13/h7-8,11,13,20H,5-6,9-10H2,1-4H3,(H,18,21). The SMILES string of the molecule is Cc1cc(SC(C)(C)C)ccc1NC(=O)N(CCO)C1CC1. The highest BCUT2D eigenvalue weighted by atomic mass is 32.2. The van der Waals surface area contributed by atoms with E-state index in [1.807, 2.05) is 30.8 Å². The highest BCUT2D eigenvalue weighted by Gasteiger charge is 2.32. The minimum Gasteiger partial charge on any atom is -0.395 e. The largest absolute Gasteiger partial charge is 0.395 e. The molecule has 0 saturated heterocycles. The Bertz CT molecular complexity index is 536. The van der Waals surface area contributed by atoms with Crippen molar-refractivity contribution in [1.29, 1.82) is 0 Å². The summed E-state index contributed by atoms with van der Waals surface area (Å²) in [5.74, 6) is 0. The Labute approximate surface area is 137 Å². The van der Waals surface area contributed by atoms with Gasteiger partial charge in [0, 0.05) is 27.9 Å². The Morgan fingerprint density at radius 1 is 1.41 bits per heavy atom. The van der Waals surface area contributed by atoms with Crippen molar-refractivity contribution in [3.63, 3.8) is 0 Å². The fourth-order valence-corrected chi connectivity index (χ4v) is 3.40. The van der Waals surface area contributed by atoms with Gasteiger partial charge in [-0.1, -0.05) is 20.8 Å². The number of hydrogen-bond acceptors (Lipinski definition) is 3. The Morgan fingerprint density at radius 3 is 2.59 bits per heavy atom. The highest BCUT2D eigenvalue weighted by Crippen LogP contribution is 2.34. The van der Waals surface area contributed by atoms with Crippen LogP contribution < -0.4 is 5.32 Å². The Morgan fingerprint density at radius 2 is 2.09 bits per heavy atom. The van der Waals surface area contributed by atoms with Crippen LogP contribution in [0.2, 0.25) is 0 Å². The van der Waals surface area contributed by atoms with Crippen LogP contribution in [0, 0.1) is 6.92 Å². The molecule has 0 atom stereocenters. The van der Waals surface area contributed by atoms with E-state index in [0.29, 0.717) is 12.6 Å². The van der Waals surface area contributed by atoms with Gasteiger partial charge in [0.25, 0.3) is 0 Å². The predicted molar refractivity (Wildman–Crippen MR) is 92.6 cm³/mol. The van der Waals surface area contributed by atoms with Crippen molar-refractivity contribution in [1.82, 2.24) is 4.90 Å². The lowest BCUT2D eigenvalue weighted by molar-refractivity contribution is 0.185. The molecule has 0 aromatic heterocycles. The van der Waals surface area contributed by atoms with Crippen molar-refractivity contribution in [3.8, 4) is 0 Å². The zero-order valence-corrected chi connectivity index (χ0v) is 14.7. The summed E-state index contributed by atoms with van der Waals surface area (Å²) < 4.78 is 0.168. The number of thioether (sulfide) groups is 1. The molecule has 1 fully saturated rings. The minimum absolute atomic E-state index is 0.00403. The molecule has 1 aromatic rings. The molecular weight excluding hydrogens is 296 g/mol. The van der Waals surface area contributed by atoms with Gasteiger partial charge in [-0.25, -0.2) is 4.79 Å². The Hall–Kier alpha value is -1.20. The lowest BCUT2D eigenvalue weighted by atomic mass is 10.2. The molecule has 0 radical (unpaired) electrons. The van der Waals surface area contributed by atoms with Crippen LogP contribution in [0.4, 0.5) is 10.5 Å². The van der Waals surface area contributed by atoms with E-state index in [2.05, 4.69) is 32.2 Å². The van der Waals surface area contributed by atoms with Gasteiger partial charge < -0.3 is 15.3 Å². The van der Waals surface area contributed by atoms with Gasteiger partial charge in [0.15, 0.2) is 0 Å². The number of urea groups is 1. The van der Waals surface area contributed by atoms with Gasteiger partial charge in [0.2, 0.25) is 0 Å². The van der Waals surface area contributed by atoms with E-state index in [0.717, 1.165) is 24.1 Å². The molecule has 1 aliphatic rings. The number of nitrogens with one attached hydrogen (secondary N) is 1. The minimum atomic E-state index is -0.115. The zero-order chi connectivity index (χ0) is 16.3. The fraction of sp³-hybridized carbons (Fsp3) is 0.588. The molecular formula is C17H26N2O2S. The van der Waals surface area contributed by atoms with E-state index < -0.39 is 0 Å². The maximum atomic E-state index is 12.3. The molecule has 4 nitrogen and oxygen atoms in total. The van der Waals surface area contributed by atoms with E-state index >= 15 is 0 Å². The molecule has 1 aliphatic carbocycles. The number of anilines is 1. The van der Waals surface area contributed by atoms with Crippen LogP contribution >= 0.6 is 11.8 Å². The maximum absolute atomic E-state index is 12.3. The zero-order valence-electron chi connectivity index (χ0n) is 13.8. The molecule has 122 valence electrons. The van der Waals surface area contributed by atoms with Gasteiger partial charge in [-0.3, -0.25) is 0 Å². The van der Waals surface area contributed by atoms with E-state index in [4.69, 9.17) is 5.11 Å². The van der Waals surface area contributed by atoms with Gasteiger partial charge in [0.05, 0.1) is 6.61 Å². The van der Waals surface area contributed by atoms with Gasteiger partial charge in [-0.2, -0.15) is 0 Å². The second-order valence-electron chi connectivity index (χ2n) is 6.77. The third-order valence-corrected chi connectivity index (χ3v) is 4.55. The third kappa shape index (κ3) is 4.92. The van der Waals surface area contributed by atoms with E-state index in [9.17, 15) is 4.79 Å². The highest BCUT2D eigenvalue weighted by molar-refractivity contribution is 8.00. The van der Waals surface area contributed by atoms with Crippen molar-refractivity contribution < 1.29 is 9.90 Å². The topological polar surface area (TPSA) is 52.6 Å². The smallest absolute Gasteiger partial charge is 0.322 e. The molecule has 0 heterocycles. The van der Waals surface area contributed by atoms with Crippen LogP contribution in [0.25, 0.3) is 0 Å². The van der Waals surface area contributed by atoms with Crippen molar-refractivity contribution in [3.05, 3.63) is 23.8 Å². The van der Waals surface area contributed by atoms with Gasteiger partial charge in [-0.05, 0) is 43.5 Å². The summed E-state index contributed by atoms with van der Waals surface area (Å²) >= 11 is 1.82. The number of hydrogen-bond donors (Lipinski definition) is 2. The molecule has 2 N–H and O–H groups in total. The van der Waals surface area contributed by atoms with Crippen molar-refractivity contribution >= 4 is 23.5 Å². The molecule has 5 heteroatoms. The number of rotatable bonds is 5. The van der Waals surface area contributed by atoms with Gasteiger partial charge in [-0.15, -0.1) is 11.8 Å². The summed E-state index contributed by atoms with van der Waals surface area (Å²) in [6.45, 7) is 8.97. The normalized spacial score (nSPS) is 14.8. The second-order valence-corrected chi connectivity index (χ2v) is 8.67. The maximum Gasteiger partial charge on any atom is 0.322 e. The lowest BCUT2D eigenvalue weighted by Crippen LogP contribution is -2.38. The summed E-state index contributed by atoms with van der Waals surface area (Å²) in [7, 11) is 0. The number of aryl methyl sites for hydroxylation is 1. The monoisotopic (exact) mass is 322 g/mol. The molecule has 2 rings (SSSR count). The van der Waals surface area contributed by atoms with Crippen LogP contribution in [0.15, 0.2) is 23.1 Å². The van der Waals surface area contributed by atoms with Crippen molar-refractivity contribution in [2.24, 2.45) is 0 Å². The number of aliphatic hydroxyl groups excluding tert-OH is 1. The first kappa shape index (κ1) is 17.2. The molecule has 0 aliphatic heterocycles. The second kappa shape index (κ2) is 6.92.